The first kappa shape index (κ1) is 11.8. The minimum atomic E-state index is 0.204. The molecule has 88 valence electrons. The topological polar surface area (TPSA) is 64.7 Å². The minimum Gasteiger partial charge on any atom is -0.368 e. The van der Waals surface area contributed by atoms with Crippen LogP contribution in [0.15, 0.2) is 18.3 Å². The molecule has 0 unspecified atom stereocenters. The summed E-state index contributed by atoms with van der Waals surface area (Å²) in [6.07, 6.45) is 2.52. The number of aromatic nitrogens is 3. The van der Waals surface area contributed by atoms with Gasteiger partial charge in [-0.1, -0.05) is 24.6 Å². The number of aryl methyl sites for hydroxylation is 2. The number of halogens is 1. The Morgan fingerprint density at radius 3 is 2.65 bits per heavy atom. The molecular formula is C12H13ClN4. The third-order valence-corrected chi connectivity index (χ3v) is 2.77. The predicted molar refractivity (Wildman–Crippen MR) is 68.8 cm³/mol. The summed E-state index contributed by atoms with van der Waals surface area (Å²) in [7, 11) is 0. The molecule has 0 aromatic carbocycles. The van der Waals surface area contributed by atoms with Crippen molar-refractivity contribution < 1.29 is 0 Å². The molecule has 0 aliphatic carbocycles. The number of nitrogens with zero attached hydrogens (tertiary/aromatic N) is 3. The Labute approximate surface area is 105 Å². The van der Waals surface area contributed by atoms with Gasteiger partial charge in [-0.25, -0.2) is 9.97 Å². The lowest BCUT2D eigenvalue weighted by atomic mass is 10.1. The van der Waals surface area contributed by atoms with Crippen LogP contribution >= 0.6 is 11.6 Å². The van der Waals surface area contributed by atoms with Gasteiger partial charge in [0, 0.05) is 23.0 Å². The number of anilines is 1. The molecule has 2 rings (SSSR count). The summed E-state index contributed by atoms with van der Waals surface area (Å²) < 4.78 is 0. The average molecular weight is 249 g/mol. The second kappa shape index (κ2) is 4.67. The molecule has 0 saturated heterocycles. The van der Waals surface area contributed by atoms with Crippen molar-refractivity contribution in [3.63, 3.8) is 0 Å². The van der Waals surface area contributed by atoms with E-state index in [2.05, 4.69) is 15.0 Å². The van der Waals surface area contributed by atoms with Gasteiger partial charge in [0.15, 0.2) is 0 Å². The molecule has 2 N–H and O–H groups in total. The predicted octanol–water partition coefficient (Wildman–Crippen LogP) is 2.65. The molecule has 0 saturated carbocycles. The Balaban J connectivity index is 2.61. The smallest absolute Gasteiger partial charge is 0.221 e. The van der Waals surface area contributed by atoms with Crippen LogP contribution in [0.3, 0.4) is 0 Å². The Kier molecular flexibility index (Phi) is 3.24. The van der Waals surface area contributed by atoms with Crippen LogP contribution < -0.4 is 5.73 Å². The molecule has 2 aromatic heterocycles. The highest BCUT2D eigenvalue weighted by atomic mass is 35.5. The van der Waals surface area contributed by atoms with Crippen LogP contribution in [0.4, 0.5) is 5.95 Å². The summed E-state index contributed by atoms with van der Waals surface area (Å²) in [5, 5.41) is 0.375. The van der Waals surface area contributed by atoms with E-state index in [-0.39, 0.29) is 5.95 Å². The molecule has 0 amide bonds. The van der Waals surface area contributed by atoms with Gasteiger partial charge in [-0.05, 0) is 19.4 Å². The molecule has 0 aliphatic rings. The molecule has 2 aromatic rings. The van der Waals surface area contributed by atoms with Gasteiger partial charge in [0.2, 0.25) is 5.95 Å². The van der Waals surface area contributed by atoms with Crippen LogP contribution in [0.2, 0.25) is 5.15 Å². The first-order chi connectivity index (χ1) is 8.11. The number of nitrogens with two attached hydrogens (primary N) is 1. The van der Waals surface area contributed by atoms with Crippen molar-refractivity contribution in [2.24, 2.45) is 0 Å². The molecule has 0 radical (unpaired) electrons. The van der Waals surface area contributed by atoms with Crippen LogP contribution in [-0.4, -0.2) is 15.0 Å². The van der Waals surface area contributed by atoms with E-state index in [1.165, 1.54) is 0 Å². The van der Waals surface area contributed by atoms with Gasteiger partial charge in [0.05, 0.1) is 5.69 Å². The van der Waals surface area contributed by atoms with E-state index >= 15 is 0 Å². The number of nitrogen functional groups attached to an aromatic ring is 1. The minimum absolute atomic E-state index is 0.204. The molecule has 5 heteroatoms. The lowest BCUT2D eigenvalue weighted by Gasteiger charge is -2.09. The van der Waals surface area contributed by atoms with Crippen molar-refractivity contribution >= 4 is 17.5 Å². The lowest BCUT2D eigenvalue weighted by Crippen LogP contribution is -2.02. The molecule has 17 heavy (non-hydrogen) atoms. The highest BCUT2D eigenvalue weighted by Gasteiger charge is 2.12. The Morgan fingerprint density at radius 1 is 1.29 bits per heavy atom. The van der Waals surface area contributed by atoms with E-state index in [1.54, 1.807) is 6.20 Å². The standard InChI is InChI=1S/C12H13ClN4/c1-3-9-10(11(13)17-12(14)16-9)8-5-4-7(2)15-6-8/h4-6H,3H2,1-2H3,(H2,14,16,17). The molecule has 2 heterocycles. The summed E-state index contributed by atoms with van der Waals surface area (Å²) in [5.41, 5.74) is 9.11. The molecule has 0 aliphatic heterocycles. The van der Waals surface area contributed by atoms with Gasteiger partial charge >= 0.3 is 0 Å². The first-order valence-electron chi connectivity index (χ1n) is 5.36. The Bertz CT molecular complexity index is 537. The Morgan fingerprint density at radius 2 is 2.06 bits per heavy atom. The van der Waals surface area contributed by atoms with Crippen molar-refractivity contribution in [2.45, 2.75) is 20.3 Å². The van der Waals surface area contributed by atoms with E-state index in [0.717, 1.165) is 28.9 Å². The molecule has 0 spiro atoms. The second-order valence-corrected chi connectivity index (χ2v) is 4.09. The summed E-state index contributed by atoms with van der Waals surface area (Å²) >= 11 is 6.13. The largest absolute Gasteiger partial charge is 0.368 e. The van der Waals surface area contributed by atoms with Gasteiger partial charge in [0.25, 0.3) is 0 Å². The average Bonchev–Trinajstić information content (AvgIpc) is 2.30. The van der Waals surface area contributed by atoms with Crippen LogP contribution in [0.5, 0.6) is 0 Å². The quantitative estimate of drug-likeness (QED) is 0.830. The van der Waals surface area contributed by atoms with Gasteiger partial charge < -0.3 is 5.73 Å². The lowest BCUT2D eigenvalue weighted by molar-refractivity contribution is 1.01. The van der Waals surface area contributed by atoms with Crippen LogP contribution in [0, 0.1) is 6.92 Å². The van der Waals surface area contributed by atoms with Crippen LogP contribution in [0.25, 0.3) is 11.1 Å². The normalized spacial score (nSPS) is 10.5. The molecule has 0 bridgehead atoms. The maximum atomic E-state index is 6.13. The summed E-state index contributed by atoms with van der Waals surface area (Å²) in [5.74, 6) is 0.204. The van der Waals surface area contributed by atoms with E-state index in [4.69, 9.17) is 17.3 Å². The van der Waals surface area contributed by atoms with Gasteiger partial charge in [-0.3, -0.25) is 4.98 Å². The van der Waals surface area contributed by atoms with Crippen LogP contribution in [0.1, 0.15) is 18.3 Å². The van der Waals surface area contributed by atoms with Crippen molar-refractivity contribution in [3.05, 3.63) is 34.9 Å². The maximum absolute atomic E-state index is 6.13. The third kappa shape index (κ3) is 2.36. The molecule has 0 fully saturated rings. The first-order valence-corrected chi connectivity index (χ1v) is 5.74. The summed E-state index contributed by atoms with van der Waals surface area (Å²) in [4.78, 5) is 12.4. The van der Waals surface area contributed by atoms with E-state index < -0.39 is 0 Å². The van der Waals surface area contributed by atoms with Crippen molar-refractivity contribution in [2.75, 3.05) is 5.73 Å². The highest BCUT2D eigenvalue weighted by molar-refractivity contribution is 6.32. The fourth-order valence-electron chi connectivity index (χ4n) is 1.65. The van der Waals surface area contributed by atoms with Crippen molar-refractivity contribution in [1.82, 2.24) is 15.0 Å². The van der Waals surface area contributed by atoms with E-state index in [9.17, 15) is 0 Å². The third-order valence-electron chi connectivity index (χ3n) is 2.49. The van der Waals surface area contributed by atoms with Crippen LogP contribution in [-0.2, 0) is 6.42 Å². The fourth-order valence-corrected chi connectivity index (χ4v) is 1.96. The summed E-state index contributed by atoms with van der Waals surface area (Å²) in [6.45, 7) is 3.94. The highest BCUT2D eigenvalue weighted by Crippen LogP contribution is 2.29. The van der Waals surface area contributed by atoms with Gasteiger partial charge in [-0.15, -0.1) is 0 Å². The molecule has 4 nitrogen and oxygen atoms in total. The number of rotatable bonds is 2. The van der Waals surface area contributed by atoms with Crippen molar-refractivity contribution in [1.29, 1.82) is 0 Å². The fraction of sp³-hybridized carbons (Fsp3) is 0.250. The zero-order chi connectivity index (χ0) is 12.4. The Hall–Kier alpha value is -1.68. The number of pyridine rings is 1. The second-order valence-electron chi connectivity index (χ2n) is 3.74. The van der Waals surface area contributed by atoms with Gasteiger partial charge in [-0.2, -0.15) is 0 Å². The maximum Gasteiger partial charge on any atom is 0.221 e. The van der Waals surface area contributed by atoms with E-state index in [0.29, 0.717) is 5.15 Å². The zero-order valence-corrected chi connectivity index (χ0v) is 10.5. The monoisotopic (exact) mass is 248 g/mol. The van der Waals surface area contributed by atoms with Crippen molar-refractivity contribution in [3.8, 4) is 11.1 Å². The number of hydrogen-bond donors (Lipinski definition) is 1. The van der Waals surface area contributed by atoms with Gasteiger partial charge in [0.1, 0.15) is 5.15 Å². The molecule has 0 atom stereocenters. The zero-order valence-electron chi connectivity index (χ0n) is 9.74. The van der Waals surface area contributed by atoms with E-state index in [1.807, 2.05) is 26.0 Å². The SMILES string of the molecule is CCc1nc(N)nc(Cl)c1-c1ccc(C)nc1. The molecular weight excluding hydrogens is 236 g/mol. The summed E-state index contributed by atoms with van der Waals surface area (Å²) in [6, 6.07) is 3.89. The number of hydrogen-bond acceptors (Lipinski definition) is 4.